The van der Waals surface area contributed by atoms with Gasteiger partial charge in [0.2, 0.25) is 0 Å². The molecule has 0 aliphatic heterocycles. The molecule has 0 bridgehead atoms. The molecule has 3 rings (SSSR count). The van der Waals surface area contributed by atoms with Gasteiger partial charge in [-0.3, -0.25) is 4.79 Å². The summed E-state index contributed by atoms with van der Waals surface area (Å²) >= 11 is 0. The minimum Gasteiger partial charge on any atom is -0.398 e. The Morgan fingerprint density at radius 3 is 2.54 bits per heavy atom. The van der Waals surface area contributed by atoms with E-state index in [0.717, 1.165) is 11.6 Å². The zero-order chi connectivity index (χ0) is 19.1. The largest absolute Gasteiger partial charge is 0.416 e. The van der Waals surface area contributed by atoms with Crippen molar-refractivity contribution in [2.75, 3.05) is 5.73 Å². The minimum atomic E-state index is -4.46. The maximum atomic E-state index is 13.1. The van der Waals surface area contributed by atoms with Gasteiger partial charge in [-0.2, -0.15) is 18.3 Å². The van der Waals surface area contributed by atoms with Crippen LogP contribution in [0.3, 0.4) is 0 Å². The van der Waals surface area contributed by atoms with E-state index in [2.05, 4.69) is 5.10 Å². The number of hydrogen-bond donors (Lipinski definition) is 1. The fourth-order valence-corrected chi connectivity index (χ4v) is 2.66. The van der Waals surface area contributed by atoms with Crippen LogP contribution in [0.4, 0.5) is 18.9 Å². The summed E-state index contributed by atoms with van der Waals surface area (Å²) in [5.74, 6) is -0.333. The molecule has 0 radical (unpaired) electrons. The molecule has 1 aromatic heterocycles. The molecule has 0 saturated heterocycles. The molecule has 2 N–H and O–H groups in total. The number of carbonyl (C=O) groups excluding carboxylic acids is 1. The molecule has 0 saturated carbocycles. The SMILES string of the molecule is Cc1ccc(N)c(C(=O)c2cnn(-c3ccc(C)c(C(F)(F)F)c3)c2)c1. The van der Waals surface area contributed by atoms with E-state index in [1.165, 1.54) is 36.1 Å². The second-order valence-corrected chi connectivity index (χ2v) is 6.09. The number of rotatable bonds is 3. The zero-order valence-corrected chi connectivity index (χ0v) is 14.1. The second kappa shape index (κ2) is 6.33. The van der Waals surface area contributed by atoms with Crippen LogP contribution in [-0.4, -0.2) is 15.6 Å². The summed E-state index contributed by atoms with van der Waals surface area (Å²) in [4.78, 5) is 12.6. The molecule has 0 unspecified atom stereocenters. The van der Waals surface area contributed by atoms with Crippen molar-refractivity contribution in [2.24, 2.45) is 0 Å². The number of hydrogen-bond acceptors (Lipinski definition) is 3. The summed E-state index contributed by atoms with van der Waals surface area (Å²) in [6.07, 6.45) is -1.74. The number of carbonyl (C=O) groups is 1. The monoisotopic (exact) mass is 359 g/mol. The Labute approximate surface area is 148 Å². The highest BCUT2D eigenvalue weighted by molar-refractivity contribution is 6.11. The lowest BCUT2D eigenvalue weighted by atomic mass is 10.0. The molecule has 1 heterocycles. The number of ketones is 1. The molecule has 3 aromatic rings. The van der Waals surface area contributed by atoms with E-state index in [4.69, 9.17) is 5.73 Å². The number of anilines is 1. The number of alkyl halides is 3. The third-order valence-electron chi connectivity index (χ3n) is 4.09. The number of benzene rings is 2. The number of nitrogens with zero attached hydrogens (tertiary/aromatic N) is 2. The van der Waals surface area contributed by atoms with Crippen molar-refractivity contribution < 1.29 is 18.0 Å². The third-order valence-corrected chi connectivity index (χ3v) is 4.09. The molecule has 0 aliphatic rings. The van der Waals surface area contributed by atoms with Crippen molar-refractivity contribution in [3.63, 3.8) is 0 Å². The quantitative estimate of drug-likeness (QED) is 0.560. The van der Waals surface area contributed by atoms with Gasteiger partial charge in [-0.25, -0.2) is 4.68 Å². The van der Waals surface area contributed by atoms with Gasteiger partial charge in [-0.1, -0.05) is 17.7 Å². The Hall–Kier alpha value is -3.09. The Kier molecular flexibility index (Phi) is 4.31. The average molecular weight is 359 g/mol. The minimum absolute atomic E-state index is 0.122. The van der Waals surface area contributed by atoms with Gasteiger partial charge < -0.3 is 5.73 Å². The summed E-state index contributed by atoms with van der Waals surface area (Å²) in [6, 6.07) is 9.01. The van der Waals surface area contributed by atoms with Gasteiger partial charge in [0, 0.05) is 17.4 Å². The van der Waals surface area contributed by atoms with Crippen LogP contribution in [0.15, 0.2) is 48.8 Å². The topological polar surface area (TPSA) is 60.9 Å². The van der Waals surface area contributed by atoms with Gasteiger partial charge in [0.1, 0.15) is 0 Å². The maximum absolute atomic E-state index is 13.1. The van der Waals surface area contributed by atoms with Gasteiger partial charge in [0.15, 0.2) is 5.78 Å². The predicted molar refractivity (Wildman–Crippen MR) is 92.3 cm³/mol. The van der Waals surface area contributed by atoms with Crippen molar-refractivity contribution in [1.29, 1.82) is 0 Å². The predicted octanol–water partition coefficient (Wildman–Crippen LogP) is 4.32. The summed E-state index contributed by atoms with van der Waals surface area (Å²) < 4.78 is 40.5. The lowest BCUT2D eigenvalue weighted by Gasteiger charge is -2.12. The molecule has 0 fully saturated rings. The van der Waals surface area contributed by atoms with E-state index in [-0.39, 0.29) is 22.6 Å². The van der Waals surface area contributed by atoms with Crippen molar-refractivity contribution in [1.82, 2.24) is 9.78 Å². The molecule has 0 amide bonds. The van der Waals surface area contributed by atoms with Crippen molar-refractivity contribution in [3.8, 4) is 5.69 Å². The Morgan fingerprint density at radius 2 is 1.85 bits per heavy atom. The highest BCUT2D eigenvalue weighted by atomic mass is 19.4. The van der Waals surface area contributed by atoms with Gasteiger partial charge in [-0.15, -0.1) is 0 Å². The Morgan fingerprint density at radius 1 is 1.12 bits per heavy atom. The highest BCUT2D eigenvalue weighted by Crippen LogP contribution is 2.33. The summed E-state index contributed by atoms with van der Waals surface area (Å²) in [5.41, 5.74) is 7.26. The van der Waals surface area contributed by atoms with E-state index in [0.29, 0.717) is 11.3 Å². The van der Waals surface area contributed by atoms with Crippen LogP contribution in [-0.2, 0) is 6.18 Å². The molecular formula is C19H16F3N3O. The summed E-state index contributed by atoms with van der Waals surface area (Å²) in [6.45, 7) is 3.23. The first-order valence-electron chi connectivity index (χ1n) is 7.80. The van der Waals surface area contributed by atoms with Gasteiger partial charge in [-0.05, 0) is 43.7 Å². The van der Waals surface area contributed by atoms with E-state index >= 15 is 0 Å². The fourth-order valence-electron chi connectivity index (χ4n) is 2.66. The average Bonchev–Trinajstić information content (AvgIpc) is 3.06. The van der Waals surface area contributed by atoms with Gasteiger partial charge >= 0.3 is 6.18 Å². The first-order valence-corrected chi connectivity index (χ1v) is 7.80. The molecule has 26 heavy (non-hydrogen) atoms. The van der Waals surface area contributed by atoms with Crippen LogP contribution >= 0.6 is 0 Å². The third kappa shape index (κ3) is 3.33. The van der Waals surface area contributed by atoms with Gasteiger partial charge in [0.25, 0.3) is 0 Å². The lowest BCUT2D eigenvalue weighted by Crippen LogP contribution is -2.09. The summed E-state index contributed by atoms with van der Waals surface area (Å²) in [7, 11) is 0. The van der Waals surface area contributed by atoms with Crippen molar-refractivity contribution in [2.45, 2.75) is 20.0 Å². The lowest BCUT2D eigenvalue weighted by molar-refractivity contribution is -0.138. The molecule has 4 nitrogen and oxygen atoms in total. The molecule has 2 aromatic carbocycles. The first kappa shape index (κ1) is 17.7. The van der Waals surface area contributed by atoms with E-state index in [1.807, 2.05) is 6.92 Å². The fraction of sp³-hybridized carbons (Fsp3) is 0.158. The maximum Gasteiger partial charge on any atom is 0.416 e. The van der Waals surface area contributed by atoms with Crippen molar-refractivity contribution in [3.05, 3.63) is 76.6 Å². The zero-order valence-electron chi connectivity index (χ0n) is 14.1. The number of nitrogens with two attached hydrogens (primary N) is 1. The van der Waals surface area contributed by atoms with E-state index in [9.17, 15) is 18.0 Å². The number of nitrogen functional groups attached to an aromatic ring is 1. The van der Waals surface area contributed by atoms with Crippen LogP contribution < -0.4 is 5.73 Å². The van der Waals surface area contributed by atoms with Crippen molar-refractivity contribution >= 4 is 11.5 Å². The molecule has 0 atom stereocenters. The normalized spacial score (nSPS) is 11.6. The highest BCUT2D eigenvalue weighted by Gasteiger charge is 2.32. The van der Waals surface area contributed by atoms with Crippen LogP contribution in [0.2, 0.25) is 0 Å². The van der Waals surface area contributed by atoms with Gasteiger partial charge in [0.05, 0.1) is 23.0 Å². The van der Waals surface area contributed by atoms with Crippen LogP contribution in [0.25, 0.3) is 5.69 Å². The standard InChI is InChI=1S/C19H16F3N3O/c1-11-3-6-17(23)15(7-11)18(26)13-9-24-25(10-13)14-5-4-12(2)16(8-14)19(20,21)22/h3-10H,23H2,1-2H3. The number of aromatic nitrogens is 2. The molecule has 134 valence electrons. The van der Waals surface area contributed by atoms with E-state index < -0.39 is 11.7 Å². The number of aryl methyl sites for hydroxylation is 2. The smallest absolute Gasteiger partial charge is 0.398 e. The molecular weight excluding hydrogens is 343 g/mol. The second-order valence-electron chi connectivity index (χ2n) is 6.09. The first-order chi connectivity index (χ1) is 12.2. The van der Waals surface area contributed by atoms with Crippen LogP contribution in [0, 0.1) is 13.8 Å². The van der Waals surface area contributed by atoms with E-state index in [1.54, 1.807) is 18.2 Å². The molecule has 0 aliphatic carbocycles. The summed E-state index contributed by atoms with van der Waals surface area (Å²) in [5, 5.41) is 4.03. The Balaban J connectivity index is 1.98. The van der Waals surface area contributed by atoms with Crippen LogP contribution in [0.5, 0.6) is 0 Å². The van der Waals surface area contributed by atoms with Crippen LogP contribution in [0.1, 0.15) is 32.6 Å². The Bertz CT molecular complexity index is 990. The molecule has 0 spiro atoms. The number of halogens is 3. The molecule has 7 heteroatoms.